The Hall–Kier alpha value is -2.23. The Morgan fingerprint density at radius 3 is 2.96 bits per heavy atom. The van der Waals surface area contributed by atoms with Crippen molar-refractivity contribution >= 4 is 12.0 Å². The highest BCUT2D eigenvalue weighted by molar-refractivity contribution is 5.81. The van der Waals surface area contributed by atoms with Crippen LogP contribution in [0, 0.1) is 0 Å². The van der Waals surface area contributed by atoms with Gasteiger partial charge in [0.05, 0.1) is 24.3 Å². The van der Waals surface area contributed by atoms with Crippen LogP contribution in [0.1, 0.15) is 25.1 Å². The molecule has 0 aromatic carbocycles. The molecule has 9 nitrogen and oxygen atoms in total. The number of rotatable bonds is 5. The monoisotopic (exact) mass is 324 g/mol. The first-order valence-corrected chi connectivity index (χ1v) is 7.17. The van der Waals surface area contributed by atoms with E-state index in [-0.39, 0.29) is 24.5 Å². The molecule has 1 aromatic heterocycles. The van der Waals surface area contributed by atoms with Gasteiger partial charge in [-0.1, -0.05) is 12.7 Å². The summed E-state index contributed by atoms with van der Waals surface area (Å²) in [5, 5.41) is 12.1. The van der Waals surface area contributed by atoms with Crippen LogP contribution >= 0.6 is 0 Å². The lowest BCUT2D eigenvalue weighted by atomic mass is 10.1. The number of nitrogens with two attached hydrogens (primary N) is 1. The SMILES string of the molecule is C=Cc1cn([C@H]2C[C@H](NC(=O)[C@H](C)N)[C@@H](CO)O2)c(=O)[nH]c1=O. The summed E-state index contributed by atoms with van der Waals surface area (Å²) in [6, 6.07) is -1.19. The highest BCUT2D eigenvalue weighted by Gasteiger charge is 2.37. The molecule has 2 rings (SSSR count). The Balaban J connectivity index is 2.26. The van der Waals surface area contributed by atoms with Crippen LogP contribution in [-0.2, 0) is 9.53 Å². The Morgan fingerprint density at radius 1 is 1.70 bits per heavy atom. The van der Waals surface area contributed by atoms with Gasteiger partial charge in [-0.2, -0.15) is 0 Å². The van der Waals surface area contributed by atoms with E-state index in [0.29, 0.717) is 0 Å². The van der Waals surface area contributed by atoms with Crippen molar-refractivity contribution in [3.63, 3.8) is 0 Å². The van der Waals surface area contributed by atoms with Gasteiger partial charge in [0.25, 0.3) is 5.56 Å². The molecule has 1 amide bonds. The number of nitrogens with one attached hydrogen (secondary N) is 2. The normalized spacial score (nSPS) is 25.1. The lowest BCUT2D eigenvalue weighted by Crippen LogP contribution is -2.47. The average Bonchev–Trinajstić information content (AvgIpc) is 2.90. The summed E-state index contributed by atoms with van der Waals surface area (Å²) in [6.07, 6.45) is 1.51. The van der Waals surface area contributed by atoms with E-state index in [1.54, 1.807) is 6.92 Å². The smallest absolute Gasteiger partial charge is 0.330 e. The number of carbonyl (C=O) groups excluding carboxylic acids is 1. The van der Waals surface area contributed by atoms with E-state index in [0.717, 1.165) is 0 Å². The molecule has 2 heterocycles. The molecule has 5 N–H and O–H groups in total. The van der Waals surface area contributed by atoms with Crippen LogP contribution in [0.5, 0.6) is 0 Å². The zero-order valence-electron chi connectivity index (χ0n) is 12.7. The molecule has 0 bridgehead atoms. The fourth-order valence-electron chi connectivity index (χ4n) is 2.40. The number of aromatic amines is 1. The second kappa shape index (κ2) is 6.90. The molecule has 1 aliphatic rings. The molecule has 0 saturated carbocycles. The number of hydrogen-bond acceptors (Lipinski definition) is 6. The molecule has 1 fully saturated rings. The third-order valence-corrected chi connectivity index (χ3v) is 3.68. The first-order valence-electron chi connectivity index (χ1n) is 7.17. The van der Waals surface area contributed by atoms with E-state index in [4.69, 9.17) is 10.5 Å². The quantitative estimate of drug-likeness (QED) is 0.508. The van der Waals surface area contributed by atoms with Crippen LogP contribution in [0.2, 0.25) is 0 Å². The molecule has 4 atom stereocenters. The van der Waals surface area contributed by atoms with Crippen molar-refractivity contribution in [2.24, 2.45) is 5.73 Å². The van der Waals surface area contributed by atoms with Crippen molar-refractivity contribution in [2.75, 3.05) is 6.61 Å². The van der Waals surface area contributed by atoms with Crippen LogP contribution in [0.3, 0.4) is 0 Å². The molecule has 126 valence electrons. The standard InChI is InChI=1S/C14H20N4O5/c1-3-8-5-18(14(22)17-13(8)21)11-4-9(10(6-19)23-11)16-12(20)7(2)15/h3,5,7,9-11,19H,1,4,6,15H2,2H3,(H,16,20)(H,17,21,22)/t7-,9-,10+,11+/m0/s1. The van der Waals surface area contributed by atoms with E-state index >= 15 is 0 Å². The summed E-state index contributed by atoms with van der Waals surface area (Å²) in [4.78, 5) is 37.4. The van der Waals surface area contributed by atoms with Crippen molar-refractivity contribution in [1.29, 1.82) is 0 Å². The van der Waals surface area contributed by atoms with Gasteiger partial charge < -0.3 is 20.9 Å². The number of aliphatic hydroxyl groups excluding tert-OH is 1. The summed E-state index contributed by atoms with van der Waals surface area (Å²) in [6.45, 7) is 4.72. The third-order valence-electron chi connectivity index (χ3n) is 3.68. The Bertz CT molecular complexity index is 708. The predicted octanol–water partition coefficient (Wildman–Crippen LogP) is -1.71. The minimum Gasteiger partial charge on any atom is -0.394 e. The van der Waals surface area contributed by atoms with Gasteiger partial charge in [0, 0.05) is 12.6 Å². The highest BCUT2D eigenvalue weighted by atomic mass is 16.5. The fourth-order valence-corrected chi connectivity index (χ4v) is 2.40. The Morgan fingerprint density at radius 2 is 2.39 bits per heavy atom. The number of aliphatic hydroxyl groups is 1. The van der Waals surface area contributed by atoms with Crippen molar-refractivity contribution in [2.45, 2.75) is 37.8 Å². The van der Waals surface area contributed by atoms with Crippen molar-refractivity contribution < 1.29 is 14.6 Å². The number of ether oxygens (including phenoxy) is 1. The van der Waals surface area contributed by atoms with Gasteiger partial charge >= 0.3 is 5.69 Å². The second-order valence-corrected chi connectivity index (χ2v) is 5.41. The maximum atomic E-state index is 12.0. The molecule has 23 heavy (non-hydrogen) atoms. The van der Waals surface area contributed by atoms with Gasteiger partial charge in [0.1, 0.15) is 12.3 Å². The summed E-state index contributed by atoms with van der Waals surface area (Å²) in [7, 11) is 0. The van der Waals surface area contributed by atoms with Crippen LogP contribution in [-0.4, -0.2) is 45.4 Å². The van der Waals surface area contributed by atoms with Crippen LogP contribution in [0.4, 0.5) is 0 Å². The maximum Gasteiger partial charge on any atom is 0.330 e. The van der Waals surface area contributed by atoms with Gasteiger partial charge in [0.2, 0.25) is 5.91 Å². The molecule has 0 radical (unpaired) electrons. The molecule has 1 saturated heterocycles. The van der Waals surface area contributed by atoms with Crippen LogP contribution in [0.15, 0.2) is 22.4 Å². The van der Waals surface area contributed by atoms with Crippen LogP contribution < -0.4 is 22.3 Å². The van der Waals surface area contributed by atoms with Gasteiger partial charge in [-0.3, -0.25) is 19.1 Å². The number of aromatic nitrogens is 2. The summed E-state index contributed by atoms with van der Waals surface area (Å²) >= 11 is 0. The van der Waals surface area contributed by atoms with Gasteiger partial charge in [-0.05, 0) is 6.92 Å². The number of H-pyrrole nitrogens is 1. The summed E-state index contributed by atoms with van der Waals surface area (Å²) in [5.41, 5.74) is 4.54. The molecule has 1 aliphatic heterocycles. The van der Waals surface area contributed by atoms with E-state index in [9.17, 15) is 19.5 Å². The fraction of sp³-hybridized carbons (Fsp3) is 0.500. The molecule has 1 aromatic rings. The second-order valence-electron chi connectivity index (χ2n) is 5.41. The van der Waals surface area contributed by atoms with E-state index in [1.807, 2.05) is 0 Å². The molecule has 0 aliphatic carbocycles. The summed E-state index contributed by atoms with van der Waals surface area (Å²) in [5.74, 6) is -0.377. The highest BCUT2D eigenvalue weighted by Crippen LogP contribution is 2.27. The van der Waals surface area contributed by atoms with E-state index in [2.05, 4.69) is 16.9 Å². The third kappa shape index (κ3) is 3.58. The minimum atomic E-state index is -0.728. The van der Waals surface area contributed by atoms with Crippen LogP contribution in [0.25, 0.3) is 6.08 Å². The first-order chi connectivity index (χ1) is 10.9. The number of nitrogens with zero attached hydrogens (tertiary/aromatic N) is 1. The number of hydrogen-bond donors (Lipinski definition) is 4. The molecule has 9 heteroatoms. The van der Waals surface area contributed by atoms with E-state index in [1.165, 1.54) is 16.8 Å². The van der Waals surface area contributed by atoms with Crippen molar-refractivity contribution in [1.82, 2.24) is 14.9 Å². The van der Waals surface area contributed by atoms with E-state index < -0.39 is 35.7 Å². The average molecular weight is 324 g/mol. The largest absolute Gasteiger partial charge is 0.394 e. The lowest BCUT2D eigenvalue weighted by molar-refractivity contribution is -0.123. The van der Waals surface area contributed by atoms with Gasteiger partial charge in [0.15, 0.2) is 0 Å². The van der Waals surface area contributed by atoms with Gasteiger partial charge in [-0.15, -0.1) is 0 Å². The first kappa shape index (κ1) is 17.1. The lowest BCUT2D eigenvalue weighted by Gasteiger charge is -2.18. The predicted molar refractivity (Wildman–Crippen MR) is 82.6 cm³/mol. The number of amides is 1. The molecule has 0 unspecified atom stereocenters. The zero-order valence-corrected chi connectivity index (χ0v) is 12.7. The summed E-state index contributed by atoms with van der Waals surface area (Å²) < 4.78 is 6.82. The van der Waals surface area contributed by atoms with Crippen molar-refractivity contribution in [3.8, 4) is 0 Å². The Kier molecular flexibility index (Phi) is 5.14. The van der Waals surface area contributed by atoms with Crippen molar-refractivity contribution in [3.05, 3.63) is 39.2 Å². The number of carbonyl (C=O) groups is 1. The maximum absolute atomic E-state index is 12.0. The molecular formula is C14H20N4O5. The molecular weight excluding hydrogens is 304 g/mol. The zero-order chi connectivity index (χ0) is 17.1. The minimum absolute atomic E-state index is 0.219. The topological polar surface area (TPSA) is 139 Å². The van der Waals surface area contributed by atoms with Gasteiger partial charge in [-0.25, -0.2) is 4.79 Å². The molecule has 0 spiro atoms. The Labute approximate surface area is 131 Å².